The van der Waals surface area contributed by atoms with Crippen molar-refractivity contribution in [3.05, 3.63) is 21.9 Å². The summed E-state index contributed by atoms with van der Waals surface area (Å²) in [4.78, 5) is 15.4. The van der Waals surface area contributed by atoms with Crippen LogP contribution in [0.2, 0.25) is 0 Å². The Bertz CT molecular complexity index is 421. The standard InChI is InChI=1S/C12H19N3O2S/c1-8-9-4-6-18-11(9)3-5-15(8)10(7-17-2)12(16)14-13/h4,6,8,10H,3,5,7,13H2,1-2H3,(H,14,16). The molecule has 2 rings (SSSR count). The number of nitrogens with two attached hydrogens (primary N) is 1. The van der Waals surface area contributed by atoms with Crippen LogP contribution in [0.25, 0.3) is 0 Å². The summed E-state index contributed by atoms with van der Waals surface area (Å²) in [6.45, 7) is 3.33. The van der Waals surface area contributed by atoms with Gasteiger partial charge in [-0.15, -0.1) is 11.3 Å². The third kappa shape index (κ3) is 2.42. The van der Waals surface area contributed by atoms with Crippen molar-refractivity contribution >= 4 is 17.2 Å². The second-order valence-electron chi connectivity index (χ2n) is 4.44. The molecule has 2 heterocycles. The molecule has 1 amide bonds. The number of ether oxygens (including phenoxy) is 1. The number of amides is 1. The van der Waals surface area contributed by atoms with Gasteiger partial charge in [0.1, 0.15) is 6.04 Å². The molecule has 100 valence electrons. The van der Waals surface area contributed by atoms with Crippen LogP contribution in [0.4, 0.5) is 0 Å². The molecular formula is C12H19N3O2S. The Morgan fingerprint density at radius 1 is 1.78 bits per heavy atom. The number of nitrogens with zero attached hydrogens (tertiary/aromatic N) is 1. The maximum atomic E-state index is 11.8. The molecule has 18 heavy (non-hydrogen) atoms. The fourth-order valence-corrected chi connectivity index (χ4v) is 3.49. The molecule has 2 unspecified atom stereocenters. The summed E-state index contributed by atoms with van der Waals surface area (Å²) in [5.74, 6) is 5.06. The zero-order valence-corrected chi connectivity index (χ0v) is 11.5. The molecule has 0 radical (unpaired) electrons. The number of fused-ring (bicyclic) bond motifs is 1. The Morgan fingerprint density at radius 2 is 2.56 bits per heavy atom. The summed E-state index contributed by atoms with van der Waals surface area (Å²) in [6, 6.07) is 2.03. The van der Waals surface area contributed by atoms with Gasteiger partial charge in [0.25, 0.3) is 5.91 Å². The third-order valence-electron chi connectivity index (χ3n) is 3.49. The molecule has 5 nitrogen and oxygen atoms in total. The lowest BCUT2D eigenvalue weighted by atomic mass is 9.99. The second-order valence-corrected chi connectivity index (χ2v) is 5.44. The lowest BCUT2D eigenvalue weighted by Gasteiger charge is -2.38. The van der Waals surface area contributed by atoms with Crippen LogP contribution in [0, 0.1) is 0 Å². The highest BCUT2D eigenvalue weighted by molar-refractivity contribution is 7.10. The van der Waals surface area contributed by atoms with Crippen molar-refractivity contribution < 1.29 is 9.53 Å². The summed E-state index contributed by atoms with van der Waals surface area (Å²) in [6.07, 6.45) is 0.982. The van der Waals surface area contributed by atoms with Crippen molar-refractivity contribution in [2.45, 2.75) is 25.4 Å². The first-order chi connectivity index (χ1) is 8.69. The molecule has 3 N–H and O–H groups in total. The van der Waals surface area contributed by atoms with Crippen molar-refractivity contribution in [3.63, 3.8) is 0 Å². The highest BCUT2D eigenvalue weighted by Crippen LogP contribution is 2.34. The summed E-state index contributed by atoms with van der Waals surface area (Å²) >= 11 is 1.79. The molecule has 1 aliphatic heterocycles. The van der Waals surface area contributed by atoms with E-state index in [0.717, 1.165) is 13.0 Å². The van der Waals surface area contributed by atoms with Gasteiger partial charge in [-0.1, -0.05) is 0 Å². The first-order valence-corrected chi connectivity index (χ1v) is 6.88. The van der Waals surface area contributed by atoms with E-state index in [2.05, 4.69) is 28.7 Å². The molecule has 2 atom stereocenters. The fourth-order valence-electron chi connectivity index (χ4n) is 2.53. The zero-order chi connectivity index (χ0) is 13.1. The highest BCUT2D eigenvalue weighted by atomic mass is 32.1. The van der Waals surface area contributed by atoms with Gasteiger partial charge < -0.3 is 4.74 Å². The number of hydrogen-bond donors (Lipinski definition) is 2. The molecule has 1 aliphatic rings. The molecule has 0 spiro atoms. The molecular weight excluding hydrogens is 250 g/mol. The number of hydrazine groups is 1. The van der Waals surface area contributed by atoms with Crippen LogP contribution in [0.1, 0.15) is 23.4 Å². The Morgan fingerprint density at radius 3 is 3.22 bits per heavy atom. The van der Waals surface area contributed by atoms with Crippen LogP contribution < -0.4 is 11.3 Å². The SMILES string of the molecule is COCC(C(=O)NN)N1CCc2sccc2C1C. The van der Waals surface area contributed by atoms with Crippen LogP contribution >= 0.6 is 11.3 Å². The maximum absolute atomic E-state index is 11.8. The van der Waals surface area contributed by atoms with E-state index in [1.165, 1.54) is 10.4 Å². The Labute approximate surface area is 111 Å². The number of nitrogens with one attached hydrogen (secondary N) is 1. The first kappa shape index (κ1) is 13.5. The van der Waals surface area contributed by atoms with Gasteiger partial charge in [0.05, 0.1) is 6.61 Å². The summed E-state index contributed by atoms with van der Waals surface area (Å²) in [5, 5.41) is 2.11. The number of thiophene rings is 1. The topological polar surface area (TPSA) is 67.6 Å². The molecule has 0 saturated heterocycles. The molecule has 1 aromatic heterocycles. The van der Waals surface area contributed by atoms with E-state index in [1.807, 2.05) is 0 Å². The predicted molar refractivity (Wildman–Crippen MR) is 71.1 cm³/mol. The Kier molecular flexibility index (Phi) is 4.34. The molecule has 0 saturated carbocycles. The maximum Gasteiger partial charge on any atom is 0.253 e. The normalized spacial score (nSPS) is 21.4. The van der Waals surface area contributed by atoms with Gasteiger partial charge in [0.2, 0.25) is 0 Å². The van der Waals surface area contributed by atoms with E-state index in [4.69, 9.17) is 10.6 Å². The lowest BCUT2D eigenvalue weighted by molar-refractivity contribution is -0.129. The summed E-state index contributed by atoms with van der Waals surface area (Å²) in [7, 11) is 1.60. The molecule has 1 aromatic rings. The van der Waals surface area contributed by atoms with Crippen LogP contribution in [-0.4, -0.2) is 37.1 Å². The Hall–Kier alpha value is -0.950. The number of carbonyl (C=O) groups excluding carboxylic acids is 1. The van der Waals surface area contributed by atoms with Crippen LogP contribution in [-0.2, 0) is 16.0 Å². The molecule has 0 bridgehead atoms. The third-order valence-corrected chi connectivity index (χ3v) is 4.49. The van der Waals surface area contributed by atoms with Crippen molar-refractivity contribution in [2.75, 3.05) is 20.3 Å². The largest absolute Gasteiger partial charge is 0.383 e. The monoisotopic (exact) mass is 269 g/mol. The molecule has 0 aromatic carbocycles. The van der Waals surface area contributed by atoms with E-state index < -0.39 is 0 Å². The van der Waals surface area contributed by atoms with Crippen molar-refractivity contribution in [1.29, 1.82) is 0 Å². The minimum atomic E-state index is -0.331. The van der Waals surface area contributed by atoms with Crippen molar-refractivity contribution in [2.24, 2.45) is 5.84 Å². The predicted octanol–water partition coefficient (Wildman–Crippen LogP) is 0.672. The van der Waals surface area contributed by atoms with Crippen LogP contribution in [0.3, 0.4) is 0 Å². The quantitative estimate of drug-likeness (QED) is 0.479. The average Bonchev–Trinajstić information content (AvgIpc) is 2.85. The van der Waals surface area contributed by atoms with E-state index >= 15 is 0 Å². The molecule has 6 heteroatoms. The van der Waals surface area contributed by atoms with E-state index in [-0.39, 0.29) is 18.0 Å². The smallest absolute Gasteiger partial charge is 0.253 e. The van der Waals surface area contributed by atoms with Gasteiger partial charge in [-0.25, -0.2) is 5.84 Å². The number of methoxy groups -OCH3 is 1. The highest BCUT2D eigenvalue weighted by Gasteiger charge is 2.33. The van der Waals surface area contributed by atoms with Crippen LogP contribution in [0.15, 0.2) is 11.4 Å². The van der Waals surface area contributed by atoms with E-state index in [0.29, 0.717) is 6.61 Å². The first-order valence-electron chi connectivity index (χ1n) is 6.00. The Balaban J connectivity index is 2.20. The van der Waals surface area contributed by atoms with E-state index in [1.54, 1.807) is 18.4 Å². The molecule has 0 fully saturated rings. The van der Waals surface area contributed by atoms with Gasteiger partial charge in [-0.2, -0.15) is 0 Å². The minimum absolute atomic E-state index is 0.192. The second kappa shape index (κ2) is 5.79. The number of rotatable bonds is 4. The number of hydrogen-bond acceptors (Lipinski definition) is 5. The summed E-state index contributed by atoms with van der Waals surface area (Å²) < 4.78 is 5.14. The number of carbonyl (C=O) groups is 1. The zero-order valence-electron chi connectivity index (χ0n) is 10.7. The van der Waals surface area contributed by atoms with Gasteiger partial charge in [0.15, 0.2) is 0 Å². The molecule has 0 aliphatic carbocycles. The van der Waals surface area contributed by atoms with Crippen molar-refractivity contribution in [3.8, 4) is 0 Å². The van der Waals surface area contributed by atoms with Crippen molar-refractivity contribution in [1.82, 2.24) is 10.3 Å². The summed E-state index contributed by atoms with van der Waals surface area (Å²) in [5.41, 5.74) is 3.54. The van der Waals surface area contributed by atoms with Gasteiger partial charge >= 0.3 is 0 Å². The van der Waals surface area contributed by atoms with E-state index in [9.17, 15) is 4.79 Å². The van der Waals surface area contributed by atoms with Crippen LogP contribution in [0.5, 0.6) is 0 Å². The van der Waals surface area contributed by atoms with Gasteiger partial charge in [-0.05, 0) is 30.4 Å². The van der Waals surface area contributed by atoms with Gasteiger partial charge in [0, 0.05) is 24.6 Å². The minimum Gasteiger partial charge on any atom is -0.383 e. The average molecular weight is 269 g/mol. The lowest BCUT2D eigenvalue weighted by Crippen LogP contribution is -2.53. The fraction of sp³-hybridized carbons (Fsp3) is 0.583. The van der Waals surface area contributed by atoms with Gasteiger partial charge in [-0.3, -0.25) is 15.1 Å².